The van der Waals surface area contributed by atoms with Gasteiger partial charge in [-0.05, 0) is 29.8 Å². The van der Waals surface area contributed by atoms with Crippen LogP contribution in [0.1, 0.15) is 23.8 Å². The van der Waals surface area contributed by atoms with Crippen LogP contribution in [0.25, 0.3) is 0 Å². The molecule has 0 saturated heterocycles. The lowest BCUT2D eigenvalue weighted by Gasteiger charge is -2.11. The summed E-state index contributed by atoms with van der Waals surface area (Å²) in [6.07, 6.45) is 1.46. The normalized spacial score (nSPS) is 12.1. The SMILES string of the molecule is O=C(CC(O)c1cccc(F)c1)NCCc1ccc[nH]1. The molecule has 1 unspecified atom stereocenters. The molecule has 3 N–H and O–H groups in total. The Morgan fingerprint density at radius 1 is 1.35 bits per heavy atom. The van der Waals surface area contributed by atoms with E-state index in [1.807, 2.05) is 18.3 Å². The Bertz CT molecular complexity index is 555. The van der Waals surface area contributed by atoms with Gasteiger partial charge >= 0.3 is 0 Å². The topological polar surface area (TPSA) is 65.1 Å². The molecule has 1 amide bonds. The lowest BCUT2D eigenvalue weighted by atomic mass is 10.1. The number of carbonyl (C=O) groups excluding carboxylic acids is 1. The molecule has 0 aliphatic carbocycles. The second-order valence-electron chi connectivity index (χ2n) is 4.57. The van der Waals surface area contributed by atoms with Crippen LogP contribution in [0.5, 0.6) is 0 Å². The third-order valence-corrected chi connectivity index (χ3v) is 2.99. The number of aliphatic hydroxyl groups excluding tert-OH is 1. The number of halogens is 1. The Morgan fingerprint density at radius 3 is 2.90 bits per heavy atom. The van der Waals surface area contributed by atoms with Crippen LogP contribution in [-0.4, -0.2) is 22.5 Å². The highest BCUT2D eigenvalue weighted by molar-refractivity contribution is 5.76. The minimum absolute atomic E-state index is 0.0752. The molecule has 0 spiro atoms. The number of hydrogen-bond donors (Lipinski definition) is 3. The van der Waals surface area contributed by atoms with E-state index in [0.29, 0.717) is 18.5 Å². The van der Waals surface area contributed by atoms with E-state index >= 15 is 0 Å². The number of rotatable bonds is 6. The predicted octanol–water partition coefficient (Wildman–Crippen LogP) is 1.94. The number of aromatic nitrogens is 1. The number of amides is 1. The van der Waals surface area contributed by atoms with E-state index in [0.717, 1.165) is 5.69 Å². The number of nitrogens with one attached hydrogen (secondary N) is 2. The monoisotopic (exact) mass is 276 g/mol. The number of aromatic amines is 1. The molecule has 5 heteroatoms. The Kier molecular flexibility index (Phi) is 4.90. The standard InChI is InChI=1S/C15H17FN2O2/c16-12-4-1-3-11(9-12)14(19)10-15(20)18-8-6-13-5-2-7-17-13/h1-5,7,9,14,17,19H,6,8,10H2,(H,18,20). The van der Waals surface area contributed by atoms with Gasteiger partial charge in [0, 0.05) is 24.9 Å². The smallest absolute Gasteiger partial charge is 0.222 e. The van der Waals surface area contributed by atoms with Crippen LogP contribution in [0.4, 0.5) is 4.39 Å². The fraction of sp³-hybridized carbons (Fsp3) is 0.267. The van der Waals surface area contributed by atoms with Gasteiger partial charge in [0.1, 0.15) is 5.82 Å². The van der Waals surface area contributed by atoms with Gasteiger partial charge in [0.05, 0.1) is 12.5 Å². The quantitative estimate of drug-likeness (QED) is 0.755. The second kappa shape index (κ2) is 6.86. The lowest BCUT2D eigenvalue weighted by molar-refractivity contribution is -0.123. The summed E-state index contributed by atoms with van der Waals surface area (Å²) in [5, 5.41) is 12.6. The van der Waals surface area contributed by atoms with Gasteiger partial charge in [-0.1, -0.05) is 12.1 Å². The first-order valence-corrected chi connectivity index (χ1v) is 6.47. The van der Waals surface area contributed by atoms with Gasteiger partial charge in [-0.15, -0.1) is 0 Å². The van der Waals surface area contributed by atoms with Crippen LogP contribution in [-0.2, 0) is 11.2 Å². The number of H-pyrrole nitrogens is 1. The van der Waals surface area contributed by atoms with Gasteiger partial charge in [-0.3, -0.25) is 4.79 Å². The summed E-state index contributed by atoms with van der Waals surface area (Å²) < 4.78 is 13.0. The molecule has 1 aromatic carbocycles. The molecule has 4 nitrogen and oxygen atoms in total. The van der Waals surface area contributed by atoms with E-state index in [1.54, 1.807) is 6.07 Å². The molecule has 20 heavy (non-hydrogen) atoms. The summed E-state index contributed by atoms with van der Waals surface area (Å²) in [4.78, 5) is 14.7. The van der Waals surface area contributed by atoms with Crippen molar-refractivity contribution in [3.63, 3.8) is 0 Å². The lowest BCUT2D eigenvalue weighted by Crippen LogP contribution is -2.27. The van der Waals surface area contributed by atoms with E-state index in [4.69, 9.17) is 0 Å². The predicted molar refractivity (Wildman–Crippen MR) is 73.5 cm³/mol. The number of aliphatic hydroxyl groups is 1. The molecule has 0 radical (unpaired) electrons. The maximum Gasteiger partial charge on any atom is 0.222 e. The van der Waals surface area contributed by atoms with Gasteiger partial charge < -0.3 is 15.4 Å². The summed E-state index contributed by atoms with van der Waals surface area (Å²) in [6, 6.07) is 9.47. The van der Waals surface area contributed by atoms with Crippen molar-refractivity contribution in [3.8, 4) is 0 Å². The first kappa shape index (κ1) is 14.3. The van der Waals surface area contributed by atoms with E-state index in [2.05, 4.69) is 10.3 Å². The Balaban J connectivity index is 1.76. The zero-order chi connectivity index (χ0) is 14.4. The van der Waals surface area contributed by atoms with Crippen LogP contribution in [0.2, 0.25) is 0 Å². The van der Waals surface area contributed by atoms with Crippen molar-refractivity contribution < 1.29 is 14.3 Å². The van der Waals surface area contributed by atoms with Crippen molar-refractivity contribution in [1.29, 1.82) is 0 Å². The minimum atomic E-state index is -0.990. The third kappa shape index (κ3) is 4.20. The van der Waals surface area contributed by atoms with Crippen LogP contribution >= 0.6 is 0 Å². The average molecular weight is 276 g/mol. The number of benzene rings is 1. The molecule has 0 aliphatic rings. The summed E-state index contributed by atoms with van der Waals surface area (Å²) in [6.45, 7) is 0.495. The average Bonchev–Trinajstić information content (AvgIpc) is 2.92. The van der Waals surface area contributed by atoms with Crippen molar-refractivity contribution in [2.75, 3.05) is 6.54 Å². The van der Waals surface area contributed by atoms with Crippen LogP contribution in [0.3, 0.4) is 0 Å². The van der Waals surface area contributed by atoms with Crippen molar-refractivity contribution in [3.05, 3.63) is 59.7 Å². The van der Waals surface area contributed by atoms with E-state index in [1.165, 1.54) is 18.2 Å². The second-order valence-corrected chi connectivity index (χ2v) is 4.57. The van der Waals surface area contributed by atoms with Crippen molar-refractivity contribution in [2.24, 2.45) is 0 Å². The molecule has 106 valence electrons. The molecule has 0 fully saturated rings. The first-order chi connectivity index (χ1) is 9.65. The van der Waals surface area contributed by atoms with Crippen molar-refractivity contribution in [2.45, 2.75) is 18.9 Å². The molecular formula is C15H17FN2O2. The number of hydrogen-bond acceptors (Lipinski definition) is 2. The Morgan fingerprint density at radius 2 is 2.20 bits per heavy atom. The van der Waals surface area contributed by atoms with Gasteiger partial charge in [0.25, 0.3) is 0 Å². The zero-order valence-corrected chi connectivity index (χ0v) is 11.0. The molecule has 1 atom stereocenters. The summed E-state index contributed by atoms with van der Waals surface area (Å²) in [5.74, 6) is -0.679. The van der Waals surface area contributed by atoms with E-state index in [-0.39, 0.29) is 12.3 Å². The van der Waals surface area contributed by atoms with E-state index < -0.39 is 11.9 Å². The molecule has 0 bridgehead atoms. The highest BCUT2D eigenvalue weighted by Gasteiger charge is 2.13. The molecule has 0 saturated carbocycles. The molecule has 2 aromatic rings. The highest BCUT2D eigenvalue weighted by atomic mass is 19.1. The maximum atomic E-state index is 13.0. The van der Waals surface area contributed by atoms with Crippen LogP contribution in [0.15, 0.2) is 42.6 Å². The molecule has 1 aromatic heterocycles. The fourth-order valence-electron chi connectivity index (χ4n) is 1.94. The maximum absolute atomic E-state index is 13.0. The van der Waals surface area contributed by atoms with Gasteiger partial charge in [-0.25, -0.2) is 4.39 Å². The number of carbonyl (C=O) groups is 1. The fourth-order valence-corrected chi connectivity index (χ4v) is 1.94. The largest absolute Gasteiger partial charge is 0.388 e. The van der Waals surface area contributed by atoms with Gasteiger partial charge in [0.2, 0.25) is 5.91 Å². The highest BCUT2D eigenvalue weighted by Crippen LogP contribution is 2.17. The summed E-state index contributed by atoms with van der Waals surface area (Å²) >= 11 is 0. The molecule has 0 aliphatic heterocycles. The summed E-state index contributed by atoms with van der Waals surface area (Å²) in [5.41, 5.74) is 1.44. The summed E-state index contributed by atoms with van der Waals surface area (Å²) in [7, 11) is 0. The zero-order valence-electron chi connectivity index (χ0n) is 11.0. The van der Waals surface area contributed by atoms with Crippen molar-refractivity contribution in [1.82, 2.24) is 10.3 Å². The minimum Gasteiger partial charge on any atom is -0.388 e. The molecule has 1 heterocycles. The van der Waals surface area contributed by atoms with Crippen molar-refractivity contribution >= 4 is 5.91 Å². The van der Waals surface area contributed by atoms with Crippen LogP contribution in [0, 0.1) is 5.82 Å². The third-order valence-electron chi connectivity index (χ3n) is 2.99. The Hall–Kier alpha value is -2.14. The first-order valence-electron chi connectivity index (χ1n) is 6.47. The Labute approximate surface area is 116 Å². The molecular weight excluding hydrogens is 259 g/mol. The van der Waals surface area contributed by atoms with Crippen LogP contribution < -0.4 is 5.32 Å². The van der Waals surface area contributed by atoms with E-state index in [9.17, 15) is 14.3 Å². The van der Waals surface area contributed by atoms with Gasteiger partial charge in [-0.2, -0.15) is 0 Å². The van der Waals surface area contributed by atoms with Gasteiger partial charge in [0.15, 0.2) is 0 Å². The molecule has 2 rings (SSSR count).